The molecule has 6 rings (SSSR count). The normalized spacial score (nSPS) is 55.4. The second kappa shape index (κ2) is 8.91. The van der Waals surface area contributed by atoms with Crippen molar-refractivity contribution >= 4 is 11.9 Å². The van der Waals surface area contributed by atoms with Crippen molar-refractivity contribution in [3.05, 3.63) is 0 Å². The molecule has 38 heavy (non-hydrogen) atoms. The maximum atomic E-state index is 12.4. The molecule has 1 spiro atoms. The summed E-state index contributed by atoms with van der Waals surface area (Å²) in [5.74, 6) is 1.45. The van der Waals surface area contributed by atoms with Gasteiger partial charge in [-0.15, -0.1) is 0 Å². The van der Waals surface area contributed by atoms with Crippen LogP contribution < -0.4 is 0 Å². The van der Waals surface area contributed by atoms with E-state index in [0.717, 1.165) is 51.6 Å². The first-order chi connectivity index (χ1) is 17.8. The number of carbonyl (C=O) groups is 2. The Labute approximate surface area is 227 Å². The molecule has 13 atom stereocenters. The van der Waals surface area contributed by atoms with Crippen LogP contribution in [0.1, 0.15) is 99.3 Å². The zero-order valence-corrected chi connectivity index (χ0v) is 24.2. The SMILES string of the molecule is CC(=O)O[C@H]1CC[C@]2(C)[C@@H]3CC[C@]4(C)[C@@H]5[C@@H](C)[C@]6(CC[C@@H](C)CO6)O[C@@H]5C[C@@H]4[C@H]3C[C@H](OC(C)=O)[C@@]2(O)C1. The van der Waals surface area contributed by atoms with Gasteiger partial charge in [-0.2, -0.15) is 0 Å². The van der Waals surface area contributed by atoms with E-state index in [1.165, 1.54) is 13.8 Å². The molecule has 6 aliphatic rings. The van der Waals surface area contributed by atoms with Crippen molar-refractivity contribution in [3.8, 4) is 0 Å². The van der Waals surface area contributed by atoms with E-state index in [2.05, 4.69) is 27.7 Å². The third-order valence-corrected chi connectivity index (χ3v) is 12.7. The lowest BCUT2D eigenvalue weighted by atomic mass is 9.42. The molecule has 6 fully saturated rings. The number of hydrogen-bond donors (Lipinski definition) is 1. The molecular weight excluding hydrogens is 484 g/mol. The molecule has 7 heteroatoms. The number of esters is 2. The van der Waals surface area contributed by atoms with Gasteiger partial charge in [0.1, 0.15) is 17.8 Å². The van der Waals surface area contributed by atoms with Gasteiger partial charge in [0.05, 0.1) is 12.7 Å². The van der Waals surface area contributed by atoms with Crippen molar-refractivity contribution < 1.29 is 33.6 Å². The lowest BCUT2D eigenvalue weighted by Crippen LogP contribution is -2.69. The van der Waals surface area contributed by atoms with E-state index in [-0.39, 0.29) is 29.6 Å². The fourth-order valence-electron chi connectivity index (χ4n) is 10.9. The first-order valence-corrected chi connectivity index (χ1v) is 15.2. The van der Waals surface area contributed by atoms with Crippen molar-refractivity contribution in [3.63, 3.8) is 0 Å². The summed E-state index contributed by atoms with van der Waals surface area (Å²) in [5, 5.41) is 12.4. The molecule has 0 aromatic rings. The van der Waals surface area contributed by atoms with Gasteiger partial charge >= 0.3 is 11.9 Å². The Morgan fingerprint density at radius 1 is 0.921 bits per heavy atom. The van der Waals surface area contributed by atoms with Crippen molar-refractivity contribution in [1.29, 1.82) is 0 Å². The van der Waals surface area contributed by atoms with Crippen LogP contribution in [-0.4, -0.2) is 53.4 Å². The standard InChI is InChI=1S/C31H48O7/c1-17-7-12-31(35-16-17)18(2)27-25(38-31)14-24-22-13-26(37-20(4)33)30(34)15-21(36-19(3)32)8-11-29(30,6)23(22)9-10-28(24,27)5/h17-18,21-27,34H,7-16H2,1-6H3/t17-,18-,21+,22+,23-,24-,25-,26+,27-,28+,29-,30+,31+/m1/s1. The molecule has 2 aliphatic heterocycles. The summed E-state index contributed by atoms with van der Waals surface area (Å²) in [5.41, 5.74) is -1.47. The van der Waals surface area contributed by atoms with E-state index in [9.17, 15) is 14.7 Å². The second-order valence-corrected chi connectivity index (χ2v) is 14.5. The number of ether oxygens (including phenoxy) is 4. The Bertz CT molecular complexity index is 973. The fourth-order valence-corrected chi connectivity index (χ4v) is 10.9. The van der Waals surface area contributed by atoms with Crippen LogP contribution in [0.25, 0.3) is 0 Å². The molecular formula is C31H48O7. The van der Waals surface area contributed by atoms with E-state index in [1.54, 1.807) is 0 Å². The van der Waals surface area contributed by atoms with Crippen molar-refractivity contribution in [2.75, 3.05) is 6.61 Å². The molecule has 1 N–H and O–H groups in total. The Kier molecular flexibility index (Phi) is 6.33. The average molecular weight is 533 g/mol. The van der Waals surface area contributed by atoms with Gasteiger partial charge in [0, 0.05) is 38.0 Å². The van der Waals surface area contributed by atoms with Crippen molar-refractivity contribution in [2.24, 2.45) is 46.3 Å². The van der Waals surface area contributed by atoms with E-state index < -0.39 is 22.9 Å². The molecule has 0 unspecified atom stereocenters. The number of carbonyl (C=O) groups excluding carboxylic acids is 2. The fraction of sp³-hybridized carbons (Fsp3) is 0.935. The number of fused-ring (bicyclic) bond motifs is 7. The predicted molar refractivity (Wildman–Crippen MR) is 140 cm³/mol. The maximum Gasteiger partial charge on any atom is 0.303 e. The van der Waals surface area contributed by atoms with Gasteiger partial charge in [0.15, 0.2) is 5.79 Å². The summed E-state index contributed by atoms with van der Waals surface area (Å²) < 4.78 is 24.9. The largest absolute Gasteiger partial charge is 0.462 e. The van der Waals surface area contributed by atoms with E-state index in [4.69, 9.17) is 18.9 Å². The number of rotatable bonds is 2. The van der Waals surface area contributed by atoms with Crippen LogP contribution in [0.3, 0.4) is 0 Å². The maximum absolute atomic E-state index is 12.4. The molecule has 0 aromatic carbocycles. The van der Waals surface area contributed by atoms with Crippen molar-refractivity contribution in [2.45, 2.75) is 129 Å². The third kappa shape index (κ3) is 3.69. The average Bonchev–Trinajstić information content (AvgIpc) is 3.27. The number of hydrogen-bond acceptors (Lipinski definition) is 7. The van der Waals surface area contributed by atoms with Crippen LogP contribution in [-0.2, 0) is 28.5 Å². The van der Waals surface area contributed by atoms with Crippen LogP contribution in [0.4, 0.5) is 0 Å². The van der Waals surface area contributed by atoms with Gasteiger partial charge in [-0.3, -0.25) is 9.59 Å². The first kappa shape index (κ1) is 27.0. The van der Waals surface area contributed by atoms with Crippen LogP contribution >= 0.6 is 0 Å². The summed E-state index contributed by atoms with van der Waals surface area (Å²) in [6, 6.07) is 0. The molecule has 4 aliphatic carbocycles. The molecule has 0 amide bonds. The molecule has 0 radical (unpaired) electrons. The minimum absolute atomic E-state index is 0.142. The first-order valence-electron chi connectivity index (χ1n) is 15.2. The highest BCUT2D eigenvalue weighted by Crippen LogP contribution is 2.72. The van der Waals surface area contributed by atoms with Gasteiger partial charge in [-0.25, -0.2) is 0 Å². The lowest BCUT2D eigenvalue weighted by molar-refractivity contribution is -0.281. The second-order valence-electron chi connectivity index (χ2n) is 14.5. The Hall–Kier alpha value is -1.18. The Morgan fingerprint density at radius 3 is 2.32 bits per heavy atom. The highest BCUT2D eigenvalue weighted by molar-refractivity contribution is 5.66. The topological polar surface area (TPSA) is 91.3 Å². The molecule has 2 saturated heterocycles. The van der Waals surface area contributed by atoms with E-state index in [1.807, 2.05) is 0 Å². The highest BCUT2D eigenvalue weighted by atomic mass is 16.7. The Morgan fingerprint density at radius 2 is 1.66 bits per heavy atom. The highest BCUT2D eigenvalue weighted by Gasteiger charge is 2.72. The smallest absolute Gasteiger partial charge is 0.303 e. The van der Waals surface area contributed by atoms with Gasteiger partial charge in [-0.1, -0.05) is 27.7 Å². The van der Waals surface area contributed by atoms with Crippen LogP contribution in [0.15, 0.2) is 0 Å². The van der Waals surface area contributed by atoms with E-state index >= 15 is 0 Å². The summed E-state index contributed by atoms with van der Waals surface area (Å²) in [4.78, 5) is 24.0. The van der Waals surface area contributed by atoms with Gasteiger partial charge in [0.25, 0.3) is 0 Å². The number of aliphatic hydroxyl groups is 1. The third-order valence-electron chi connectivity index (χ3n) is 12.7. The molecule has 214 valence electrons. The van der Waals surface area contributed by atoms with Crippen LogP contribution in [0.5, 0.6) is 0 Å². The van der Waals surface area contributed by atoms with Gasteiger partial charge in [0.2, 0.25) is 0 Å². The molecule has 0 bridgehead atoms. The molecule has 7 nitrogen and oxygen atoms in total. The molecule has 0 aromatic heterocycles. The zero-order valence-electron chi connectivity index (χ0n) is 24.2. The van der Waals surface area contributed by atoms with Gasteiger partial charge < -0.3 is 24.1 Å². The Balaban J connectivity index is 1.30. The predicted octanol–water partition coefficient (Wildman–Crippen LogP) is 5.02. The van der Waals surface area contributed by atoms with Gasteiger partial charge in [-0.05, 0) is 80.0 Å². The zero-order chi connectivity index (χ0) is 27.3. The molecule has 2 heterocycles. The molecule has 4 saturated carbocycles. The summed E-state index contributed by atoms with van der Waals surface area (Å²) in [6.45, 7) is 13.0. The van der Waals surface area contributed by atoms with Crippen LogP contribution in [0.2, 0.25) is 0 Å². The minimum Gasteiger partial charge on any atom is -0.462 e. The quantitative estimate of drug-likeness (QED) is 0.499. The summed E-state index contributed by atoms with van der Waals surface area (Å²) in [6.07, 6.45) is 7.09. The summed E-state index contributed by atoms with van der Waals surface area (Å²) in [7, 11) is 0. The van der Waals surface area contributed by atoms with Crippen LogP contribution in [0, 0.1) is 46.3 Å². The minimum atomic E-state index is -1.21. The summed E-state index contributed by atoms with van der Waals surface area (Å²) >= 11 is 0. The monoisotopic (exact) mass is 532 g/mol. The van der Waals surface area contributed by atoms with Crippen molar-refractivity contribution in [1.82, 2.24) is 0 Å². The lowest BCUT2D eigenvalue weighted by Gasteiger charge is -2.65. The van der Waals surface area contributed by atoms with E-state index in [0.29, 0.717) is 48.3 Å².